The maximum Gasteiger partial charge on any atom is 0.254 e. The van der Waals surface area contributed by atoms with Gasteiger partial charge in [-0.05, 0) is 67.1 Å². The standard InChI is InChI=1S/C23H29FN2O3S/c1-16-13-17(2)15-26(14-16)30(28,29)22-11-7-20(8-12-22)23(27)25(4)18(3)19-5-9-21(24)10-6-19/h5-12,16-18H,13-15H2,1-4H3. The third-order valence-electron chi connectivity index (χ3n) is 5.83. The van der Waals surface area contributed by atoms with Gasteiger partial charge in [0, 0.05) is 25.7 Å². The fourth-order valence-corrected chi connectivity index (χ4v) is 5.74. The Morgan fingerprint density at radius 1 is 1.03 bits per heavy atom. The molecule has 0 aliphatic carbocycles. The largest absolute Gasteiger partial charge is 0.335 e. The second kappa shape index (κ2) is 8.86. The first-order valence-electron chi connectivity index (χ1n) is 10.2. The number of sulfonamides is 1. The van der Waals surface area contributed by atoms with Crippen LogP contribution < -0.4 is 0 Å². The molecule has 1 heterocycles. The molecule has 1 aliphatic heterocycles. The molecule has 3 rings (SSSR count). The van der Waals surface area contributed by atoms with Crippen molar-refractivity contribution in [2.75, 3.05) is 20.1 Å². The number of hydrogen-bond acceptors (Lipinski definition) is 3. The summed E-state index contributed by atoms with van der Waals surface area (Å²) in [4.78, 5) is 14.6. The summed E-state index contributed by atoms with van der Waals surface area (Å²) in [5, 5.41) is 0. The molecule has 0 aromatic heterocycles. The minimum Gasteiger partial charge on any atom is -0.335 e. The van der Waals surface area contributed by atoms with Crippen LogP contribution in [0.1, 0.15) is 49.2 Å². The molecule has 7 heteroatoms. The average molecular weight is 433 g/mol. The molecule has 5 nitrogen and oxygen atoms in total. The predicted molar refractivity (Wildman–Crippen MR) is 115 cm³/mol. The van der Waals surface area contributed by atoms with Crippen LogP contribution in [0.15, 0.2) is 53.4 Å². The zero-order valence-electron chi connectivity index (χ0n) is 17.9. The lowest BCUT2D eigenvalue weighted by Gasteiger charge is -2.34. The van der Waals surface area contributed by atoms with E-state index in [1.54, 1.807) is 40.5 Å². The van der Waals surface area contributed by atoms with Gasteiger partial charge in [0.25, 0.3) is 5.91 Å². The molecule has 0 radical (unpaired) electrons. The number of carbonyl (C=O) groups excluding carboxylic acids is 1. The van der Waals surface area contributed by atoms with Gasteiger partial charge in [-0.3, -0.25) is 4.79 Å². The van der Waals surface area contributed by atoms with Crippen molar-refractivity contribution >= 4 is 15.9 Å². The van der Waals surface area contributed by atoms with Crippen LogP contribution in [-0.4, -0.2) is 43.7 Å². The molecule has 2 aromatic rings. The summed E-state index contributed by atoms with van der Waals surface area (Å²) in [7, 11) is -1.90. The molecular formula is C23H29FN2O3S. The van der Waals surface area contributed by atoms with Crippen LogP contribution in [0.4, 0.5) is 4.39 Å². The molecule has 1 amide bonds. The number of benzene rings is 2. The fraction of sp³-hybridized carbons (Fsp3) is 0.435. The van der Waals surface area contributed by atoms with Crippen LogP contribution >= 0.6 is 0 Å². The minimum atomic E-state index is -3.58. The molecule has 1 saturated heterocycles. The number of halogens is 1. The first kappa shape index (κ1) is 22.4. The Morgan fingerprint density at radius 2 is 1.57 bits per heavy atom. The Labute approximate surface area is 178 Å². The van der Waals surface area contributed by atoms with E-state index in [0.29, 0.717) is 30.5 Å². The number of rotatable bonds is 5. The van der Waals surface area contributed by atoms with Crippen LogP contribution in [0.2, 0.25) is 0 Å². The van der Waals surface area contributed by atoms with E-state index in [1.165, 1.54) is 24.3 Å². The molecule has 0 saturated carbocycles. The zero-order chi connectivity index (χ0) is 22.1. The van der Waals surface area contributed by atoms with Gasteiger partial charge in [-0.25, -0.2) is 12.8 Å². The Balaban J connectivity index is 1.75. The van der Waals surface area contributed by atoms with E-state index in [2.05, 4.69) is 13.8 Å². The van der Waals surface area contributed by atoms with Gasteiger partial charge in [-0.1, -0.05) is 26.0 Å². The fourth-order valence-electron chi connectivity index (χ4n) is 4.06. The first-order chi connectivity index (χ1) is 14.1. The van der Waals surface area contributed by atoms with Crippen molar-refractivity contribution in [3.63, 3.8) is 0 Å². The summed E-state index contributed by atoms with van der Waals surface area (Å²) in [5.74, 6) is 0.0992. The third kappa shape index (κ3) is 4.73. The highest BCUT2D eigenvalue weighted by molar-refractivity contribution is 7.89. The second-order valence-electron chi connectivity index (χ2n) is 8.44. The van der Waals surface area contributed by atoms with Crippen LogP contribution in [-0.2, 0) is 10.0 Å². The van der Waals surface area contributed by atoms with E-state index >= 15 is 0 Å². The van der Waals surface area contributed by atoms with Gasteiger partial charge in [0.1, 0.15) is 5.82 Å². The number of amides is 1. The lowest BCUT2D eigenvalue weighted by Crippen LogP contribution is -2.42. The Morgan fingerprint density at radius 3 is 2.10 bits per heavy atom. The molecule has 3 atom stereocenters. The van der Waals surface area contributed by atoms with E-state index in [-0.39, 0.29) is 22.7 Å². The summed E-state index contributed by atoms with van der Waals surface area (Å²) < 4.78 is 40.7. The van der Waals surface area contributed by atoms with Crippen LogP contribution in [0.5, 0.6) is 0 Å². The average Bonchev–Trinajstić information content (AvgIpc) is 2.72. The molecule has 1 aliphatic rings. The number of hydrogen-bond donors (Lipinski definition) is 0. The maximum absolute atomic E-state index is 13.2. The van der Waals surface area contributed by atoms with Gasteiger partial charge in [0.15, 0.2) is 0 Å². The molecule has 2 aromatic carbocycles. The van der Waals surface area contributed by atoms with Gasteiger partial charge < -0.3 is 4.90 Å². The van der Waals surface area contributed by atoms with Gasteiger partial charge in [0.2, 0.25) is 10.0 Å². The summed E-state index contributed by atoms with van der Waals surface area (Å²) in [6, 6.07) is 11.9. The molecule has 162 valence electrons. The third-order valence-corrected chi connectivity index (χ3v) is 7.67. The van der Waals surface area contributed by atoms with Crippen molar-refractivity contribution in [1.29, 1.82) is 0 Å². The molecule has 0 N–H and O–H groups in total. The molecule has 30 heavy (non-hydrogen) atoms. The lowest BCUT2D eigenvalue weighted by molar-refractivity contribution is 0.0742. The highest BCUT2D eigenvalue weighted by atomic mass is 32.2. The van der Waals surface area contributed by atoms with E-state index < -0.39 is 10.0 Å². The van der Waals surface area contributed by atoms with Crippen molar-refractivity contribution in [2.24, 2.45) is 11.8 Å². The highest BCUT2D eigenvalue weighted by Gasteiger charge is 2.31. The van der Waals surface area contributed by atoms with E-state index in [9.17, 15) is 17.6 Å². The van der Waals surface area contributed by atoms with Crippen molar-refractivity contribution < 1.29 is 17.6 Å². The molecule has 3 unspecified atom stereocenters. The number of nitrogens with zero attached hydrogens (tertiary/aromatic N) is 2. The Hall–Kier alpha value is -2.25. The van der Waals surface area contributed by atoms with E-state index in [1.807, 2.05) is 6.92 Å². The monoisotopic (exact) mass is 432 g/mol. The van der Waals surface area contributed by atoms with Gasteiger partial charge >= 0.3 is 0 Å². The van der Waals surface area contributed by atoms with Crippen LogP contribution in [0, 0.1) is 17.7 Å². The predicted octanol–water partition coefficient (Wildman–Crippen LogP) is 4.33. The second-order valence-corrected chi connectivity index (χ2v) is 10.4. The summed E-state index contributed by atoms with van der Waals surface area (Å²) in [5.41, 5.74) is 1.23. The van der Waals surface area contributed by atoms with Crippen molar-refractivity contribution in [3.8, 4) is 0 Å². The number of carbonyl (C=O) groups is 1. The first-order valence-corrected chi connectivity index (χ1v) is 11.7. The van der Waals surface area contributed by atoms with Gasteiger partial charge in [-0.2, -0.15) is 4.31 Å². The maximum atomic E-state index is 13.2. The zero-order valence-corrected chi connectivity index (χ0v) is 18.7. The van der Waals surface area contributed by atoms with Crippen molar-refractivity contribution in [3.05, 3.63) is 65.5 Å². The van der Waals surface area contributed by atoms with Crippen molar-refractivity contribution in [1.82, 2.24) is 9.21 Å². The Bertz CT molecular complexity index is 980. The van der Waals surface area contributed by atoms with Crippen LogP contribution in [0.3, 0.4) is 0 Å². The topological polar surface area (TPSA) is 57.7 Å². The lowest BCUT2D eigenvalue weighted by atomic mass is 9.94. The summed E-state index contributed by atoms with van der Waals surface area (Å²) in [6.07, 6.45) is 1.03. The normalized spacial score (nSPS) is 21.2. The summed E-state index contributed by atoms with van der Waals surface area (Å²) in [6.45, 7) is 7.04. The van der Waals surface area contributed by atoms with Crippen molar-refractivity contribution in [2.45, 2.75) is 38.1 Å². The number of piperidine rings is 1. The van der Waals surface area contributed by atoms with E-state index in [0.717, 1.165) is 12.0 Å². The van der Waals surface area contributed by atoms with Gasteiger partial charge in [0.05, 0.1) is 10.9 Å². The molecule has 1 fully saturated rings. The summed E-state index contributed by atoms with van der Waals surface area (Å²) >= 11 is 0. The van der Waals surface area contributed by atoms with Crippen LogP contribution in [0.25, 0.3) is 0 Å². The highest BCUT2D eigenvalue weighted by Crippen LogP contribution is 2.27. The SMILES string of the molecule is CC1CC(C)CN(S(=O)(=O)c2ccc(C(=O)N(C)C(C)c3ccc(F)cc3)cc2)C1. The molecule has 0 spiro atoms. The van der Waals surface area contributed by atoms with Gasteiger partial charge in [-0.15, -0.1) is 0 Å². The quantitative estimate of drug-likeness (QED) is 0.707. The minimum absolute atomic E-state index is 0.203. The molecule has 0 bridgehead atoms. The Kier molecular flexibility index (Phi) is 6.62. The smallest absolute Gasteiger partial charge is 0.254 e. The van der Waals surface area contributed by atoms with E-state index in [4.69, 9.17) is 0 Å². The molecular weight excluding hydrogens is 403 g/mol.